The molecule has 2 fully saturated rings. The highest BCUT2D eigenvalue weighted by atomic mass is 19.1. The van der Waals surface area contributed by atoms with Crippen molar-refractivity contribution in [1.29, 1.82) is 0 Å². The first-order valence-electron chi connectivity index (χ1n) is 10.4. The van der Waals surface area contributed by atoms with Gasteiger partial charge >= 0.3 is 7.12 Å². The molecule has 2 saturated heterocycles. The number of hydrogen-bond acceptors (Lipinski definition) is 3. The molecule has 1 unspecified atom stereocenters. The van der Waals surface area contributed by atoms with Gasteiger partial charge in [-0.25, -0.2) is 4.39 Å². The molecule has 0 radical (unpaired) electrons. The second kappa shape index (κ2) is 7.84. The van der Waals surface area contributed by atoms with Crippen molar-refractivity contribution in [3.05, 3.63) is 29.6 Å². The van der Waals surface area contributed by atoms with Crippen molar-refractivity contribution in [1.82, 2.24) is 4.90 Å². The molecule has 3 nitrogen and oxygen atoms in total. The smallest absolute Gasteiger partial charge is 0.399 e. The number of hydrogen-bond donors (Lipinski definition) is 0. The summed E-state index contributed by atoms with van der Waals surface area (Å²) in [6.07, 6.45) is 3.76. The van der Waals surface area contributed by atoms with Crippen LogP contribution in [0.2, 0.25) is 0 Å². The lowest BCUT2D eigenvalue weighted by molar-refractivity contribution is 0.00578. The second-order valence-corrected chi connectivity index (χ2v) is 9.69. The van der Waals surface area contributed by atoms with E-state index in [1.165, 1.54) is 19.3 Å². The lowest BCUT2D eigenvalue weighted by Crippen LogP contribution is -2.41. The number of likely N-dealkylation sites (tertiary alicyclic amines) is 1. The van der Waals surface area contributed by atoms with E-state index < -0.39 is 18.3 Å². The molecule has 5 heteroatoms. The standard InChI is InChI=1S/C22H35BFNO2/c1-16(2)18-8-7-10-25(11-9-18)15-17-12-19(14-20(24)13-17)23-26-21(3,4)22(5,6)27-23/h12-14,16,18H,7-11,15H2,1-6H3. The van der Waals surface area contributed by atoms with E-state index in [-0.39, 0.29) is 5.82 Å². The fourth-order valence-electron chi connectivity index (χ4n) is 4.15. The van der Waals surface area contributed by atoms with Crippen molar-refractivity contribution >= 4 is 12.6 Å². The van der Waals surface area contributed by atoms with Crippen LogP contribution in [-0.2, 0) is 15.9 Å². The summed E-state index contributed by atoms with van der Waals surface area (Å²) >= 11 is 0. The quantitative estimate of drug-likeness (QED) is 0.729. The molecule has 1 aromatic rings. The van der Waals surface area contributed by atoms with Gasteiger partial charge in [-0.2, -0.15) is 0 Å². The van der Waals surface area contributed by atoms with Gasteiger partial charge in [0.15, 0.2) is 0 Å². The fraction of sp³-hybridized carbons (Fsp3) is 0.727. The monoisotopic (exact) mass is 375 g/mol. The number of nitrogens with zero attached hydrogens (tertiary/aromatic N) is 1. The van der Waals surface area contributed by atoms with E-state index in [0.717, 1.165) is 42.5 Å². The van der Waals surface area contributed by atoms with Crippen LogP contribution >= 0.6 is 0 Å². The minimum absolute atomic E-state index is 0.216. The zero-order valence-electron chi connectivity index (χ0n) is 17.8. The van der Waals surface area contributed by atoms with Crippen LogP contribution in [0.5, 0.6) is 0 Å². The summed E-state index contributed by atoms with van der Waals surface area (Å²) in [6.45, 7) is 15.7. The maximum atomic E-state index is 14.3. The summed E-state index contributed by atoms with van der Waals surface area (Å²) in [5, 5.41) is 0. The first kappa shape index (κ1) is 20.8. The molecule has 0 saturated carbocycles. The average molecular weight is 375 g/mol. The van der Waals surface area contributed by atoms with Crippen LogP contribution in [0, 0.1) is 17.7 Å². The van der Waals surface area contributed by atoms with Crippen molar-refractivity contribution in [2.45, 2.75) is 78.6 Å². The van der Waals surface area contributed by atoms with Crippen LogP contribution in [0.15, 0.2) is 18.2 Å². The van der Waals surface area contributed by atoms with E-state index in [2.05, 4.69) is 24.8 Å². The minimum Gasteiger partial charge on any atom is -0.399 e. The predicted molar refractivity (Wildman–Crippen MR) is 110 cm³/mol. The molecule has 2 aliphatic rings. The lowest BCUT2D eigenvalue weighted by Gasteiger charge is -2.32. The van der Waals surface area contributed by atoms with Crippen LogP contribution < -0.4 is 5.46 Å². The molecular formula is C22H35BFNO2. The second-order valence-electron chi connectivity index (χ2n) is 9.69. The third-order valence-corrected chi connectivity index (χ3v) is 6.72. The highest BCUT2D eigenvalue weighted by Gasteiger charge is 2.51. The van der Waals surface area contributed by atoms with Gasteiger partial charge in [0.2, 0.25) is 0 Å². The van der Waals surface area contributed by atoms with Crippen LogP contribution in [0.4, 0.5) is 4.39 Å². The van der Waals surface area contributed by atoms with Crippen LogP contribution in [-0.4, -0.2) is 36.3 Å². The Labute approximate surface area is 164 Å². The molecule has 27 heavy (non-hydrogen) atoms. The largest absolute Gasteiger partial charge is 0.494 e. The highest BCUT2D eigenvalue weighted by Crippen LogP contribution is 2.36. The van der Waals surface area contributed by atoms with Gasteiger partial charge in [0.1, 0.15) is 5.82 Å². The van der Waals surface area contributed by atoms with Gasteiger partial charge in [-0.05, 0) is 95.0 Å². The van der Waals surface area contributed by atoms with E-state index in [0.29, 0.717) is 0 Å². The Morgan fingerprint density at radius 2 is 1.74 bits per heavy atom. The molecule has 3 rings (SSSR count). The number of benzene rings is 1. The average Bonchev–Trinajstić information content (AvgIpc) is 2.71. The molecule has 1 atom stereocenters. The molecule has 150 valence electrons. The topological polar surface area (TPSA) is 21.7 Å². The summed E-state index contributed by atoms with van der Waals surface area (Å²) < 4.78 is 26.6. The Balaban J connectivity index is 1.71. The molecule has 2 heterocycles. The van der Waals surface area contributed by atoms with E-state index >= 15 is 0 Å². The van der Waals surface area contributed by atoms with E-state index in [4.69, 9.17) is 9.31 Å². The molecule has 0 amide bonds. The Morgan fingerprint density at radius 1 is 1.07 bits per heavy atom. The first-order valence-corrected chi connectivity index (χ1v) is 10.4. The van der Waals surface area contributed by atoms with E-state index in [1.807, 2.05) is 27.7 Å². The van der Waals surface area contributed by atoms with Crippen molar-refractivity contribution in [3.8, 4) is 0 Å². The molecule has 0 N–H and O–H groups in total. The summed E-state index contributed by atoms with van der Waals surface area (Å²) in [6, 6.07) is 5.25. The maximum Gasteiger partial charge on any atom is 0.494 e. The van der Waals surface area contributed by atoms with Crippen molar-refractivity contribution in [2.75, 3.05) is 13.1 Å². The molecule has 0 bridgehead atoms. The Kier molecular flexibility index (Phi) is 6.05. The van der Waals surface area contributed by atoms with Crippen molar-refractivity contribution in [3.63, 3.8) is 0 Å². The summed E-state index contributed by atoms with van der Waals surface area (Å²) in [4.78, 5) is 2.46. The van der Waals surface area contributed by atoms with Gasteiger partial charge in [-0.15, -0.1) is 0 Å². The van der Waals surface area contributed by atoms with Gasteiger partial charge in [-0.3, -0.25) is 4.90 Å². The van der Waals surface area contributed by atoms with E-state index in [1.54, 1.807) is 12.1 Å². The third kappa shape index (κ3) is 4.75. The highest BCUT2D eigenvalue weighted by molar-refractivity contribution is 6.62. The van der Waals surface area contributed by atoms with Gasteiger partial charge < -0.3 is 9.31 Å². The SMILES string of the molecule is CC(C)C1CCCN(Cc2cc(F)cc(B3OC(C)(C)C(C)(C)O3)c2)CC1. The fourth-order valence-corrected chi connectivity index (χ4v) is 4.15. The zero-order valence-corrected chi connectivity index (χ0v) is 17.8. The molecule has 0 aliphatic carbocycles. The van der Waals surface area contributed by atoms with Crippen LogP contribution in [0.3, 0.4) is 0 Å². The van der Waals surface area contributed by atoms with Crippen molar-refractivity contribution in [2.24, 2.45) is 11.8 Å². The van der Waals surface area contributed by atoms with Crippen LogP contribution in [0.1, 0.15) is 66.4 Å². The van der Waals surface area contributed by atoms with Crippen molar-refractivity contribution < 1.29 is 13.7 Å². The molecular weight excluding hydrogens is 340 g/mol. The molecule has 1 aromatic carbocycles. The first-order chi connectivity index (χ1) is 12.6. The summed E-state index contributed by atoms with van der Waals surface area (Å²) in [5.74, 6) is 1.34. The molecule has 0 spiro atoms. The Hall–Kier alpha value is -0.905. The van der Waals surface area contributed by atoms with Gasteiger partial charge in [-0.1, -0.05) is 19.9 Å². The molecule has 2 aliphatic heterocycles. The zero-order chi connectivity index (χ0) is 19.8. The van der Waals surface area contributed by atoms with E-state index in [9.17, 15) is 4.39 Å². The lowest BCUT2D eigenvalue weighted by atomic mass is 9.78. The maximum absolute atomic E-state index is 14.3. The van der Waals surface area contributed by atoms with Crippen LogP contribution in [0.25, 0.3) is 0 Å². The Morgan fingerprint density at radius 3 is 2.37 bits per heavy atom. The number of halogens is 1. The third-order valence-electron chi connectivity index (χ3n) is 6.72. The van der Waals surface area contributed by atoms with Gasteiger partial charge in [0.25, 0.3) is 0 Å². The Bertz CT molecular complexity index is 646. The number of rotatable bonds is 4. The summed E-state index contributed by atoms with van der Waals surface area (Å²) in [5.41, 5.74) is 0.947. The normalized spacial score (nSPS) is 25.8. The molecule has 0 aromatic heterocycles. The van der Waals surface area contributed by atoms with Gasteiger partial charge in [0, 0.05) is 6.54 Å². The predicted octanol–water partition coefficient (Wildman–Crippen LogP) is 4.38. The minimum atomic E-state index is -0.515. The van der Waals surface area contributed by atoms with Gasteiger partial charge in [0.05, 0.1) is 11.2 Å². The summed E-state index contributed by atoms with van der Waals surface area (Å²) in [7, 11) is -0.515.